The van der Waals surface area contributed by atoms with E-state index in [1.54, 1.807) is 0 Å². The highest BCUT2D eigenvalue weighted by atomic mass is 15.3. The predicted molar refractivity (Wildman–Crippen MR) is 99.0 cm³/mol. The van der Waals surface area contributed by atoms with Crippen LogP contribution in [0.5, 0.6) is 0 Å². The molecule has 0 bridgehead atoms. The maximum Gasteiger partial charge on any atom is 0.0400 e. The second kappa shape index (κ2) is 7.38. The average molecular weight is 310 g/mol. The van der Waals surface area contributed by atoms with E-state index in [1.807, 2.05) is 12.1 Å². The van der Waals surface area contributed by atoms with Crippen molar-refractivity contribution in [1.82, 2.24) is 4.90 Å². The Morgan fingerprint density at radius 3 is 2.17 bits per heavy atom. The van der Waals surface area contributed by atoms with Crippen molar-refractivity contribution in [3.63, 3.8) is 0 Å². The van der Waals surface area contributed by atoms with Gasteiger partial charge in [-0.15, -0.1) is 0 Å². The van der Waals surface area contributed by atoms with Crippen LogP contribution in [0.3, 0.4) is 0 Å². The second-order valence-corrected chi connectivity index (χ2v) is 6.06. The summed E-state index contributed by atoms with van der Waals surface area (Å²) >= 11 is 0. The molecule has 4 heteroatoms. The quantitative estimate of drug-likeness (QED) is 0.833. The van der Waals surface area contributed by atoms with Crippen molar-refractivity contribution >= 4 is 17.1 Å². The summed E-state index contributed by atoms with van der Waals surface area (Å²) in [6.45, 7) is 8.76. The lowest BCUT2D eigenvalue weighted by Crippen LogP contribution is -2.46. The van der Waals surface area contributed by atoms with Gasteiger partial charge in [0.2, 0.25) is 0 Å². The smallest absolute Gasteiger partial charge is 0.0400 e. The molecule has 1 aliphatic rings. The van der Waals surface area contributed by atoms with Crippen molar-refractivity contribution in [2.24, 2.45) is 0 Å². The van der Waals surface area contributed by atoms with E-state index in [-0.39, 0.29) is 0 Å². The number of nitrogens with one attached hydrogen (secondary N) is 1. The fourth-order valence-electron chi connectivity index (χ4n) is 2.95. The summed E-state index contributed by atoms with van der Waals surface area (Å²) in [6, 6.07) is 16.8. The summed E-state index contributed by atoms with van der Waals surface area (Å²) in [5.41, 5.74) is 10.2. The molecule has 1 saturated heterocycles. The number of nitrogens with two attached hydrogens (primary N) is 1. The summed E-state index contributed by atoms with van der Waals surface area (Å²) in [4.78, 5) is 4.97. The average Bonchev–Trinajstić information content (AvgIpc) is 2.62. The third-order valence-corrected chi connectivity index (χ3v) is 4.53. The Hall–Kier alpha value is -2.20. The third-order valence-electron chi connectivity index (χ3n) is 4.53. The van der Waals surface area contributed by atoms with Crippen LogP contribution in [0.15, 0.2) is 48.5 Å². The molecule has 0 aliphatic carbocycles. The highest BCUT2D eigenvalue weighted by molar-refractivity contribution is 5.55. The molecule has 122 valence electrons. The van der Waals surface area contributed by atoms with Crippen LogP contribution in [0, 0.1) is 0 Å². The standard InChI is InChI=1S/C19H26N4/c1-2-22-11-13-23(14-12-22)19-9-7-18(8-10-19)21-15-16-3-5-17(20)6-4-16/h3-10,21H,2,11-15,20H2,1H3. The molecule has 1 fully saturated rings. The highest BCUT2D eigenvalue weighted by Crippen LogP contribution is 2.20. The lowest BCUT2D eigenvalue weighted by Gasteiger charge is -2.35. The molecule has 3 N–H and O–H groups in total. The first-order chi connectivity index (χ1) is 11.2. The van der Waals surface area contributed by atoms with E-state index in [9.17, 15) is 0 Å². The van der Waals surface area contributed by atoms with Crippen LogP contribution < -0.4 is 16.0 Å². The van der Waals surface area contributed by atoms with Crippen molar-refractivity contribution < 1.29 is 0 Å². The van der Waals surface area contributed by atoms with Gasteiger partial charge in [0.15, 0.2) is 0 Å². The van der Waals surface area contributed by atoms with Gasteiger partial charge in [0, 0.05) is 49.8 Å². The zero-order valence-corrected chi connectivity index (χ0v) is 13.8. The fourth-order valence-corrected chi connectivity index (χ4v) is 2.95. The molecule has 0 unspecified atom stereocenters. The monoisotopic (exact) mass is 310 g/mol. The molecular weight excluding hydrogens is 284 g/mol. The van der Waals surface area contributed by atoms with Gasteiger partial charge in [-0.1, -0.05) is 19.1 Å². The summed E-state index contributed by atoms with van der Waals surface area (Å²) < 4.78 is 0. The molecule has 0 amide bonds. The van der Waals surface area contributed by atoms with E-state index in [0.29, 0.717) is 0 Å². The lowest BCUT2D eigenvalue weighted by atomic mass is 10.2. The van der Waals surface area contributed by atoms with Gasteiger partial charge in [0.05, 0.1) is 0 Å². The van der Waals surface area contributed by atoms with Crippen molar-refractivity contribution in [2.75, 3.05) is 48.7 Å². The molecule has 1 heterocycles. The number of rotatable bonds is 5. The summed E-state index contributed by atoms with van der Waals surface area (Å²) in [5.74, 6) is 0. The number of likely N-dealkylation sites (N-methyl/N-ethyl adjacent to an activating group) is 1. The van der Waals surface area contributed by atoms with Crippen LogP contribution in [0.1, 0.15) is 12.5 Å². The Balaban J connectivity index is 1.54. The van der Waals surface area contributed by atoms with Crippen molar-refractivity contribution in [1.29, 1.82) is 0 Å². The number of hydrogen-bond donors (Lipinski definition) is 2. The number of hydrogen-bond acceptors (Lipinski definition) is 4. The molecule has 2 aromatic rings. The van der Waals surface area contributed by atoms with Gasteiger partial charge >= 0.3 is 0 Å². The number of nitrogens with zero attached hydrogens (tertiary/aromatic N) is 2. The molecule has 1 aliphatic heterocycles. The maximum absolute atomic E-state index is 5.71. The van der Waals surface area contributed by atoms with E-state index in [4.69, 9.17) is 5.73 Å². The topological polar surface area (TPSA) is 44.5 Å². The Bertz CT molecular complexity index is 598. The molecule has 0 aromatic heterocycles. The van der Waals surface area contributed by atoms with Gasteiger partial charge < -0.3 is 20.9 Å². The molecule has 3 rings (SSSR count). The van der Waals surface area contributed by atoms with E-state index >= 15 is 0 Å². The van der Waals surface area contributed by atoms with Crippen LogP contribution in [0.2, 0.25) is 0 Å². The zero-order chi connectivity index (χ0) is 16.1. The summed E-state index contributed by atoms with van der Waals surface area (Å²) in [7, 11) is 0. The van der Waals surface area contributed by atoms with E-state index in [1.165, 1.54) is 11.3 Å². The SMILES string of the molecule is CCN1CCN(c2ccc(NCc3ccc(N)cc3)cc2)CC1. The lowest BCUT2D eigenvalue weighted by molar-refractivity contribution is 0.271. The van der Waals surface area contributed by atoms with Crippen LogP contribution in [-0.2, 0) is 6.54 Å². The number of benzene rings is 2. The number of anilines is 3. The first kappa shape index (κ1) is 15.7. The largest absolute Gasteiger partial charge is 0.399 e. The fraction of sp³-hybridized carbons (Fsp3) is 0.368. The van der Waals surface area contributed by atoms with Crippen molar-refractivity contribution in [2.45, 2.75) is 13.5 Å². The molecular formula is C19H26N4. The van der Waals surface area contributed by atoms with Crippen LogP contribution >= 0.6 is 0 Å². The second-order valence-electron chi connectivity index (χ2n) is 6.06. The zero-order valence-electron chi connectivity index (χ0n) is 13.8. The van der Waals surface area contributed by atoms with Gasteiger partial charge in [-0.25, -0.2) is 0 Å². The minimum Gasteiger partial charge on any atom is -0.399 e. The van der Waals surface area contributed by atoms with Crippen LogP contribution in [-0.4, -0.2) is 37.6 Å². The van der Waals surface area contributed by atoms with Crippen molar-refractivity contribution in [3.8, 4) is 0 Å². The Labute approximate surface area is 138 Å². The Morgan fingerprint density at radius 2 is 1.57 bits per heavy atom. The summed E-state index contributed by atoms with van der Waals surface area (Å²) in [6.07, 6.45) is 0. The third kappa shape index (κ3) is 4.17. The minimum absolute atomic E-state index is 0.807. The van der Waals surface area contributed by atoms with Crippen LogP contribution in [0.25, 0.3) is 0 Å². The summed E-state index contributed by atoms with van der Waals surface area (Å²) in [5, 5.41) is 3.46. The van der Waals surface area contributed by atoms with Gasteiger partial charge in [0.25, 0.3) is 0 Å². The highest BCUT2D eigenvalue weighted by Gasteiger charge is 2.15. The molecule has 23 heavy (non-hydrogen) atoms. The first-order valence-corrected chi connectivity index (χ1v) is 8.40. The van der Waals surface area contributed by atoms with Gasteiger partial charge in [-0.3, -0.25) is 0 Å². The van der Waals surface area contributed by atoms with Gasteiger partial charge in [0.1, 0.15) is 0 Å². The molecule has 0 radical (unpaired) electrons. The van der Waals surface area contributed by atoms with E-state index < -0.39 is 0 Å². The molecule has 0 saturated carbocycles. The van der Waals surface area contributed by atoms with Gasteiger partial charge in [-0.2, -0.15) is 0 Å². The van der Waals surface area contributed by atoms with Gasteiger partial charge in [-0.05, 0) is 48.5 Å². The molecule has 4 nitrogen and oxygen atoms in total. The predicted octanol–water partition coefficient (Wildman–Crippen LogP) is 3.02. The van der Waals surface area contributed by atoms with E-state index in [0.717, 1.165) is 50.6 Å². The molecule has 0 atom stereocenters. The maximum atomic E-state index is 5.71. The van der Waals surface area contributed by atoms with Crippen LogP contribution in [0.4, 0.5) is 17.1 Å². The number of piperazine rings is 1. The van der Waals surface area contributed by atoms with Crippen molar-refractivity contribution in [3.05, 3.63) is 54.1 Å². The first-order valence-electron chi connectivity index (χ1n) is 8.40. The Morgan fingerprint density at radius 1 is 0.913 bits per heavy atom. The molecule has 0 spiro atoms. The number of nitrogen functional groups attached to an aromatic ring is 1. The Kier molecular flexibility index (Phi) is 5.03. The normalized spacial score (nSPS) is 15.6. The molecule has 2 aromatic carbocycles. The van der Waals surface area contributed by atoms with E-state index in [2.05, 4.69) is 58.4 Å². The minimum atomic E-state index is 0.807.